The van der Waals surface area contributed by atoms with Gasteiger partial charge in [0.25, 0.3) is 5.91 Å². The summed E-state index contributed by atoms with van der Waals surface area (Å²) >= 11 is 5.95. The van der Waals surface area contributed by atoms with Crippen LogP contribution in [0.5, 0.6) is 5.88 Å². The van der Waals surface area contributed by atoms with Crippen molar-refractivity contribution in [2.75, 3.05) is 31.1 Å². The molecule has 0 aliphatic carbocycles. The summed E-state index contributed by atoms with van der Waals surface area (Å²) in [5, 5.41) is 2.58. The number of amides is 1. The fourth-order valence-electron chi connectivity index (χ4n) is 5.92. The van der Waals surface area contributed by atoms with Crippen LogP contribution in [-0.2, 0) is 11.6 Å². The Morgan fingerprint density at radius 3 is 2.60 bits per heavy atom. The van der Waals surface area contributed by atoms with Gasteiger partial charge in [-0.15, -0.1) is 13.2 Å². The Morgan fingerprint density at radius 1 is 1.22 bits per heavy atom. The molecule has 5 heterocycles. The van der Waals surface area contributed by atoms with E-state index in [2.05, 4.69) is 35.0 Å². The van der Waals surface area contributed by atoms with E-state index >= 15 is 0 Å². The van der Waals surface area contributed by atoms with Crippen LogP contribution in [0.4, 0.5) is 18.9 Å². The lowest BCUT2D eigenvalue weighted by Crippen LogP contribution is -2.58. The number of hydrogen-bond acceptors (Lipinski definition) is 6. The molecule has 1 saturated heterocycles. The zero-order valence-corrected chi connectivity index (χ0v) is 26.6. The molecule has 1 N–H and O–H groups in total. The standard InChI is InChI=1S/C27H27ClF3N5O2.C5H8.C2H4/c1-3-16-14-36(21-13-32-12-19(28)22(21)27(29,30)31)11-9-26(16)15-34-24(37)23-18(26)7-8-20(35-23)17-6-5-10-33-25(17)38-4-2;1-3-5-4-2;1-2/h5-8,10,12-13,16H,3-4,9,11,14-15H2,1-2H3,(H,34,37);3-5H,1H2,2H3;1-2H2/b;5-4-;. The number of aromatic nitrogens is 3. The predicted molar refractivity (Wildman–Crippen MR) is 174 cm³/mol. The Morgan fingerprint density at radius 2 is 1.98 bits per heavy atom. The number of hydrogen-bond donors (Lipinski definition) is 1. The molecule has 1 spiro atoms. The van der Waals surface area contributed by atoms with E-state index in [1.165, 1.54) is 6.20 Å². The molecule has 0 saturated carbocycles. The van der Waals surface area contributed by atoms with Crippen LogP contribution < -0.4 is 15.0 Å². The third kappa shape index (κ3) is 7.56. The first-order valence-electron chi connectivity index (χ1n) is 14.7. The summed E-state index contributed by atoms with van der Waals surface area (Å²) < 4.78 is 47.3. The van der Waals surface area contributed by atoms with Gasteiger partial charge in [-0.1, -0.05) is 55.8 Å². The SMILES string of the molecule is C=C.C=C/C=C\C.CCOc1ncccc1-c1ccc2c(n1)C(=O)NCC21CCN(c2cncc(Cl)c2C(F)(F)F)CC1CC. The van der Waals surface area contributed by atoms with Gasteiger partial charge in [-0.25, -0.2) is 9.97 Å². The largest absolute Gasteiger partial charge is 0.477 e. The first-order chi connectivity index (χ1) is 21.6. The van der Waals surface area contributed by atoms with Crippen molar-refractivity contribution >= 4 is 23.2 Å². The molecule has 45 heavy (non-hydrogen) atoms. The van der Waals surface area contributed by atoms with Gasteiger partial charge in [-0.2, -0.15) is 13.2 Å². The molecular weight excluding hydrogens is 603 g/mol. The zero-order chi connectivity index (χ0) is 33.2. The lowest BCUT2D eigenvalue weighted by Gasteiger charge is -2.51. The van der Waals surface area contributed by atoms with Gasteiger partial charge in [0.1, 0.15) is 11.3 Å². The molecule has 5 rings (SSSR count). The number of anilines is 1. The van der Waals surface area contributed by atoms with Crippen LogP contribution in [0.15, 0.2) is 80.8 Å². The van der Waals surface area contributed by atoms with Gasteiger partial charge in [0.15, 0.2) is 0 Å². The highest BCUT2D eigenvalue weighted by molar-refractivity contribution is 6.31. The van der Waals surface area contributed by atoms with E-state index < -0.39 is 22.2 Å². The molecule has 3 aromatic heterocycles. The van der Waals surface area contributed by atoms with Gasteiger partial charge in [-0.3, -0.25) is 9.78 Å². The van der Waals surface area contributed by atoms with Crippen molar-refractivity contribution in [2.24, 2.45) is 5.92 Å². The number of allylic oxidation sites excluding steroid dienone is 3. The Balaban J connectivity index is 0.000000719. The van der Waals surface area contributed by atoms with E-state index in [1.807, 2.05) is 51.1 Å². The van der Waals surface area contributed by atoms with Crippen LogP contribution >= 0.6 is 11.6 Å². The number of fused-ring (bicyclic) bond motifs is 2. The Hall–Kier alpha value is -4.18. The summed E-state index contributed by atoms with van der Waals surface area (Å²) in [5.41, 5.74) is 1.03. The Labute approximate surface area is 267 Å². The van der Waals surface area contributed by atoms with E-state index in [0.717, 1.165) is 11.8 Å². The molecule has 2 atom stereocenters. The van der Waals surface area contributed by atoms with Gasteiger partial charge >= 0.3 is 6.18 Å². The van der Waals surface area contributed by atoms with Crippen molar-refractivity contribution in [2.45, 2.75) is 45.2 Å². The molecule has 0 radical (unpaired) electrons. The average Bonchev–Trinajstić information content (AvgIpc) is 3.04. The summed E-state index contributed by atoms with van der Waals surface area (Å²) in [6, 6.07) is 7.41. The first-order valence-corrected chi connectivity index (χ1v) is 15.1. The van der Waals surface area contributed by atoms with Crippen molar-refractivity contribution in [3.8, 4) is 17.1 Å². The molecule has 240 valence electrons. The fraction of sp³-hybridized carbons (Fsp3) is 0.353. The molecule has 0 aromatic carbocycles. The third-order valence-electron chi connectivity index (χ3n) is 7.91. The Kier molecular flexibility index (Phi) is 12.3. The van der Waals surface area contributed by atoms with E-state index in [-0.39, 0.29) is 17.5 Å². The smallest absolute Gasteiger partial charge is 0.419 e. The molecule has 1 amide bonds. The summed E-state index contributed by atoms with van der Waals surface area (Å²) in [6.07, 6.45) is 6.08. The van der Waals surface area contributed by atoms with Crippen LogP contribution in [0.25, 0.3) is 11.3 Å². The van der Waals surface area contributed by atoms with E-state index in [0.29, 0.717) is 61.9 Å². The molecule has 3 aromatic rings. The van der Waals surface area contributed by atoms with Crippen molar-refractivity contribution in [1.82, 2.24) is 20.3 Å². The predicted octanol–water partition coefficient (Wildman–Crippen LogP) is 8.08. The fourth-order valence-corrected chi connectivity index (χ4v) is 6.18. The van der Waals surface area contributed by atoms with Gasteiger partial charge in [0.05, 0.1) is 34.8 Å². The summed E-state index contributed by atoms with van der Waals surface area (Å²) in [7, 11) is 0. The number of rotatable bonds is 6. The summed E-state index contributed by atoms with van der Waals surface area (Å²) in [5.74, 6) is 0.106. The van der Waals surface area contributed by atoms with Gasteiger partial charge in [0.2, 0.25) is 5.88 Å². The molecule has 2 aliphatic rings. The lowest BCUT2D eigenvalue weighted by molar-refractivity contribution is -0.137. The second kappa shape index (κ2) is 15.7. The average molecular weight is 642 g/mol. The molecule has 7 nitrogen and oxygen atoms in total. The van der Waals surface area contributed by atoms with Crippen molar-refractivity contribution in [3.05, 3.63) is 103 Å². The second-order valence-corrected chi connectivity index (χ2v) is 10.7. The maximum absolute atomic E-state index is 13.9. The molecule has 2 aliphatic heterocycles. The number of carbonyl (C=O) groups is 1. The number of carbonyl (C=O) groups excluding carboxylic acids is 1. The van der Waals surface area contributed by atoms with Crippen molar-refractivity contribution in [3.63, 3.8) is 0 Å². The number of ether oxygens (including phenoxy) is 1. The number of nitrogens with one attached hydrogen (secondary N) is 1. The molecule has 11 heteroatoms. The van der Waals surface area contributed by atoms with Crippen molar-refractivity contribution in [1.29, 1.82) is 0 Å². The molecule has 1 fully saturated rings. The third-order valence-corrected chi connectivity index (χ3v) is 8.20. The van der Waals surface area contributed by atoms with E-state index in [1.54, 1.807) is 23.2 Å². The van der Waals surface area contributed by atoms with Gasteiger partial charge in [-0.05, 0) is 49.9 Å². The monoisotopic (exact) mass is 641 g/mol. The summed E-state index contributed by atoms with van der Waals surface area (Å²) in [6.45, 7) is 16.8. The highest BCUT2D eigenvalue weighted by Crippen LogP contribution is 2.48. The highest BCUT2D eigenvalue weighted by Gasteiger charge is 2.49. The number of halogens is 4. The Bertz CT molecular complexity index is 1510. The van der Waals surface area contributed by atoms with Crippen LogP contribution in [0.3, 0.4) is 0 Å². The second-order valence-electron chi connectivity index (χ2n) is 10.3. The zero-order valence-electron chi connectivity index (χ0n) is 25.8. The molecule has 2 unspecified atom stereocenters. The number of piperidine rings is 1. The molecular formula is C34H39ClF3N5O2. The lowest BCUT2D eigenvalue weighted by atomic mass is 9.63. The van der Waals surface area contributed by atoms with Crippen LogP contribution in [0, 0.1) is 5.92 Å². The van der Waals surface area contributed by atoms with E-state index in [9.17, 15) is 18.0 Å². The normalized spacial score (nSPS) is 19.0. The molecule has 0 bridgehead atoms. The van der Waals surface area contributed by atoms with Crippen LogP contribution in [-0.4, -0.2) is 47.1 Å². The van der Waals surface area contributed by atoms with Gasteiger partial charge < -0.3 is 15.0 Å². The van der Waals surface area contributed by atoms with Gasteiger partial charge in [0, 0.05) is 37.4 Å². The maximum atomic E-state index is 13.9. The van der Waals surface area contributed by atoms with Crippen molar-refractivity contribution < 1.29 is 22.7 Å². The number of pyridine rings is 3. The summed E-state index contributed by atoms with van der Waals surface area (Å²) in [4.78, 5) is 27.7. The van der Waals surface area contributed by atoms with Crippen LogP contribution in [0.2, 0.25) is 5.02 Å². The number of nitrogens with zero attached hydrogens (tertiary/aromatic N) is 4. The minimum Gasteiger partial charge on any atom is -0.477 e. The maximum Gasteiger partial charge on any atom is 0.419 e. The van der Waals surface area contributed by atoms with Crippen LogP contribution in [0.1, 0.15) is 55.2 Å². The highest BCUT2D eigenvalue weighted by atomic mass is 35.5. The topological polar surface area (TPSA) is 80.2 Å². The quantitative estimate of drug-likeness (QED) is 0.217. The first kappa shape index (κ1) is 35.3. The minimum atomic E-state index is -4.61. The van der Waals surface area contributed by atoms with E-state index in [4.69, 9.17) is 21.3 Å². The minimum absolute atomic E-state index is 0.0214. The number of alkyl halides is 3.